The van der Waals surface area contributed by atoms with Crippen LogP contribution >= 0.6 is 0 Å². The number of benzene rings is 1. The van der Waals surface area contributed by atoms with Gasteiger partial charge >= 0.3 is 0 Å². The van der Waals surface area contributed by atoms with Crippen LogP contribution in [0.4, 0.5) is 5.95 Å². The van der Waals surface area contributed by atoms with Gasteiger partial charge in [0.15, 0.2) is 11.5 Å². The summed E-state index contributed by atoms with van der Waals surface area (Å²) in [4.78, 5) is 19.2. The number of nitrogens with one attached hydrogen (secondary N) is 1. The molecule has 1 aromatic heterocycles. The van der Waals surface area contributed by atoms with Gasteiger partial charge in [0, 0.05) is 12.0 Å². The van der Waals surface area contributed by atoms with Crippen LogP contribution in [0.1, 0.15) is 48.9 Å². The molecule has 0 amide bonds. The maximum atomic E-state index is 12.4. The second-order valence-corrected chi connectivity index (χ2v) is 7.64. The molecule has 7 heteroatoms. The Kier molecular flexibility index (Phi) is 4.71. The zero-order valence-electron chi connectivity index (χ0n) is 16.0. The zero-order valence-corrected chi connectivity index (χ0v) is 16.0. The Hall–Kier alpha value is -3.01. The molecule has 0 saturated heterocycles. The average Bonchev–Trinajstić information content (AvgIpc) is 3.21. The molecule has 1 atom stereocenters. The van der Waals surface area contributed by atoms with E-state index in [1.165, 1.54) is 12.8 Å². The van der Waals surface area contributed by atoms with Crippen molar-refractivity contribution in [3.63, 3.8) is 0 Å². The summed E-state index contributed by atoms with van der Waals surface area (Å²) >= 11 is 0. The molecule has 0 aliphatic heterocycles. The summed E-state index contributed by atoms with van der Waals surface area (Å²) in [5.41, 5.74) is 6.65. The smallest absolute Gasteiger partial charge is 0.255 e. The summed E-state index contributed by atoms with van der Waals surface area (Å²) < 4.78 is 11.7. The SMILES string of the molecule is COc1ccc(C2(C#N)CCc3nc(N)[nH]c(=O)c3C2)cc1OC1CCCC1. The Morgan fingerprint density at radius 2 is 2.11 bits per heavy atom. The third-order valence-electron chi connectivity index (χ3n) is 5.91. The highest BCUT2D eigenvalue weighted by atomic mass is 16.5. The Morgan fingerprint density at radius 3 is 2.82 bits per heavy atom. The number of anilines is 1. The van der Waals surface area contributed by atoms with Crippen LogP contribution in [0.2, 0.25) is 0 Å². The van der Waals surface area contributed by atoms with E-state index in [2.05, 4.69) is 16.0 Å². The minimum atomic E-state index is -0.808. The van der Waals surface area contributed by atoms with E-state index < -0.39 is 5.41 Å². The maximum Gasteiger partial charge on any atom is 0.255 e. The minimum Gasteiger partial charge on any atom is -0.493 e. The fraction of sp³-hybridized carbons (Fsp3) is 0.476. The lowest BCUT2D eigenvalue weighted by molar-refractivity contribution is 0.200. The highest BCUT2D eigenvalue weighted by molar-refractivity contribution is 5.49. The predicted octanol–water partition coefficient (Wildman–Crippen LogP) is 2.63. The van der Waals surface area contributed by atoms with Gasteiger partial charge in [0.2, 0.25) is 5.95 Å². The number of nitrogens with two attached hydrogens (primary N) is 1. The first-order valence-electron chi connectivity index (χ1n) is 9.68. The summed E-state index contributed by atoms with van der Waals surface area (Å²) in [7, 11) is 1.61. The van der Waals surface area contributed by atoms with Crippen LogP contribution in [0.25, 0.3) is 0 Å². The second-order valence-electron chi connectivity index (χ2n) is 7.64. The van der Waals surface area contributed by atoms with Gasteiger partial charge in [-0.05, 0) is 56.2 Å². The number of hydrogen-bond donors (Lipinski definition) is 2. The number of fused-ring (bicyclic) bond motifs is 1. The molecular weight excluding hydrogens is 356 g/mol. The third kappa shape index (κ3) is 3.19. The molecule has 3 N–H and O–H groups in total. The first kappa shape index (κ1) is 18.4. The molecule has 2 aliphatic carbocycles. The molecule has 1 unspecified atom stereocenters. The number of methoxy groups -OCH3 is 1. The lowest BCUT2D eigenvalue weighted by atomic mass is 9.69. The van der Waals surface area contributed by atoms with Gasteiger partial charge in [-0.1, -0.05) is 6.07 Å². The van der Waals surface area contributed by atoms with E-state index in [4.69, 9.17) is 15.2 Å². The minimum absolute atomic E-state index is 0.116. The normalized spacial score (nSPS) is 21.7. The number of rotatable bonds is 4. The molecule has 0 radical (unpaired) electrons. The molecule has 28 heavy (non-hydrogen) atoms. The van der Waals surface area contributed by atoms with Crippen LogP contribution in [0.5, 0.6) is 11.5 Å². The van der Waals surface area contributed by atoms with Crippen molar-refractivity contribution in [3.05, 3.63) is 45.4 Å². The topological polar surface area (TPSA) is 114 Å². The Balaban J connectivity index is 1.72. The monoisotopic (exact) mass is 380 g/mol. The van der Waals surface area contributed by atoms with Crippen LogP contribution in [0.15, 0.2) is 23.0 Å². The van der Waals surface area contributed by atoms with Crippen LogP contribution in [-0.4, -0.2) is 23.2 Å². The van der Waals surface area contributed by atoms with E-state index in [1.807, 2.05) is 18.2 Å². The van der Waals surface area contributed by atoms with Crippen molar-refractivity contribution in [2.75, 3.05) is 12.8 Å². The van der Waals surface area contributed by atoms with Crippen molar-refractivity contribution in [3.8, 4) is 17.6 Å². The van der Waals surface area contributed by atoms with E-state index >= 15 is 0 Å². The zero-order chi connectivity index (χ0) is 19.7. The average molecular weight is 380 g/mol. The van der Waals surface area contributed by atoms with Crippen LogP contribution < -0.4 is 20.8 Å². The fourth-order valence-electron chi connectivity index (χ4n) is 4.33. The number of H-pyrrole nitrogens is 1. The molecular formula is C21H24N4O3. The number of ether oxygens (including phenoxy) is 2. The van der Waals surface area contributed by atoms with Gasteiger partial charge < -0.3 is 15.2 Å². The highest BCUT2D eigenvalue weighted by Crippen LogP contribution is 2.41. The molecule has 4 rings (SSSR count). The van der Waals surface area contributed by atoms with Crippen LogP contribution in [0.3, 0.4) is 0 Å². The van der Waals surface area contributed by atoms with Crippen molar-refractivity contribution in [2.24, 2.45) is 0 Å². The third-order valence-corrected chi connectivity index (χ3v) is 5.91. The maximum absolute atomic E-state index is 12.4. The molecule has 1 fully saturated rings. The van der Waals surface area contributed by atoms with Crippen molar-refractivity contribution in [1.29, 1.82) is 5.26 Å². The lowest BCUT2D eigenvalue weighted by Gasteiger charge is -2.32. The van der Waals surface area contributed by atoms with Crippen molar-refractivity contribution < 1.29 is 9.47 Å². The van der Waals surface area contributed by atoms with Crippen molar-refractivity contribution >= 4 is 5.95 Å². The summed E-state index contributed by atoms with van der Waals surface area (Å²) in [5, 5.41) is 10.1. The first-order chi connectivity index (χ1) is 13.5. The van der Waals surface area contributed by atoms with E-state index in [0.29, 0.717) is 42.0 Å². The largest absolute Gasteiger partial charge is 0.493 e. The molecule has 146 valence electrons. The van der Waals surface area contributed by atoms with Gasteiger partial charge in [0.25, 0.3) is 5.56 Å². The van der Waals surface area contributed by atoms with E-state index in [-0.39, 0.29) is 17.6 Å². The number of aryl methyl sites for hydroxylation is 1. The number of hydrogen-bond acceptors (Lipinski definition) is 6. The second kappa shape index (κ2) is 7.19. The van der Waals surface area contributed by atoms with Gasteiger partial charge in [0.05, 0.1) is 30.4 Å². The van der Waals surface area contributed by atoms with Gasteiger partial charge in [-0.15, -0.1) is 0 Å². The summed E-state index contributed by atoms with van der Waals surface area (Å²) in [5.74, 6) is 1.44. The van der Waals surface area contributed by atoms with Gasteiger partial charge in [-0.25, -0.2) is 4.98 Å². The predicted molar refractivity (Wildman–Crippen MR) is 104 cm³/mol. The summed E-state index contributed by atoms with van der Waals surface area (Å²) in [6, 6.07) is 8.12. The first-order valence-corrected chi connectivity index (χ1v) is 9.68. The van der Waals surface area contributed by atoms with E-state index in [0.717, 1.165) is 18.4 Å². The van der Waals surface area contributed by atoms with E-state index in [1.54, 1.807) is 7.11 Å². The number of aromatic nitrogens is 2. The van der Waals surface area contributed by atoms with Gasteiger partial charge in [-0.2, -0.15) is 5.26 Å². The molecule has 1 aromatic carbocycles. The molecule has 0 bridgehead atoms. The summed E-state index contributed by atoms with van der Waals surface area (Å²) in [6.45, 7) is 0. The highest BCUT2D eigenvalue weighted by Gasteiger charge is 2.39. The number of nitrogen functional groups attached to an aromatic ring is 1. The number of nitriles is 1. The Bertz CT molecular complexity index is 988. The molecule has 2 aromatic rings. The molecule has 7 nitrogen and oxygen atoms in total. The van der Waals surface area contributed by atoms with Crippen molar-refractivity contribution in [1.82, 2.24) is 9.97 Å². The van der Waals surface area contributed by atoms with Crippen LogP contribution in [0, 0.1) is 11.3 Å². The van der Waals surface area contributed by atoms with Gasteiger partial charge in [-0.3, -0.25) is 9.78 Å². The van der Waals surface area contributed by atoms with E-state index in [9.17, 15) is 10.1 Å². The number of nitrogens with zero attached hydrogens (tertiary/aromatic N) is 2. The van der Waals surface area contributed by atoms with Crippen molar-refractivity contribution in [2.45, 2.75) is 56.5 Å². The standard InChI is InChI=1S/C21H24N4O3/c1-27-17-7-6-13(10-18(17)28-14-4-2-3-5-14)21(12-22)9-8-16-15(11-21)19(26)25-20(23)24-16/h6-7,10,14H,2-5,8-9,11H2,1H3,(H3,23,24,25,26). The summed E-state index contributed by atoms with van der Waals surface area (Å²) in [6.07, 6.45) is 6.00. The number of aromatic amines is 1. The molecule has 2 aliphatic rings. The van der Waals surface area contributed by atoms with Crippen LogP contribution in [-0.2, 0) is 18.3 Å². The Morgan fingerprint density at radius 1 is 1.32 bits per heavy atom. The Labute approximate surface area is 163 Å². The fourth-order valence-corrected chi connectivity index (χ4v) is 4.33. The quantitative estimate of drug-likeness (QED) is 0.843. The molecule has 1 saturated carbocycles. The van der Waals surface area contributed by atoms with Gasteiger partial charge in [0.1, 0.15) is 0 Å². The lowest BCUT2D eigenvalue weighted by Crippen LogP contribution is -2.36. The molecule has 0 spiro atoms. The molecule has 1 heterocycles.